The van der Waals surface area contributed by atoms with Gasteiger partial charge in [-0.2, -0.15) is 0 Å². The van der Waals surface area contributed by atoms with Gasteiger partial charge in [-0.25, -0.2) is 0 Å². The SMILES string of the molecule is CCCNCc1ccc(COc2ccccc2Cl)nc1. The fourth-order valence-corrected chi connectivity index (χ4v) is 1.96. The lowest BCUT2D eigenvalue weighted by atomic mass is 10.2. The van der Waals surface area contributed by atoms with Gasteiger partial charge in [-0.1, -0.05) is 36.7 Å². The summed E-state index contributed by atoms with van der Waals surface area (Å²) >= 11 is 6.03. The molecule has 20 heavy (non-hydrogen) atoms. The van der Waals surface area contributed by atoms with Crippen LogP contribution in [-0.2, 0) is 13.2 Å². The van der Waals surface area contributed by atoms with Crippen LogP contribution in [0.3, 0.4) is 0 Å². The van der Waals surface area contributed by atoms with Crippen LogP contribution in [0.1, 0.15) is 24.6 Å². The maximum absolute atomic E-state index is 6.03. The Hall–Kier alpha value is -1.58. The average molecular weight is 291 g/mol. The van der Waals surface area contributed by atoms with Crippen LogP contribution in [-0.4, -0.2) is 11.5 Å². The van der Waals surface area contributed by atoms with Gasteiger partial charge in [0.2, 0.25) is 0 Å². The number of ether oxygens (including phenoxy) is 1. The molecule has 2 aromatic rings. The molecule has 1 heterocycles. The van der Waals surface area contributed by atoms with Gasteiger partial charge >= 0.3 is 0 Å². The van der Waals surface area contributed by atoms with Crippen LogP contribution in [0.2, 0.25) is 5.02 Å². The highest BCUT2D eigenvalue weighted by Gasteiger charge is 2.01. The highest BCUT2D eigenvalue weighted by Crippen LogP contribution is 2.23. The number of halogens is 1. The van der Waals surface area contributed by atoms with E-state index in [1.54, 1.807) is 0 Å². The van der Waals surface area contributed by atoms with E-state index in [2.05, 4.69) is 23.3 Å². The fraction of sp³-hybridized carbons (Fsp3) is 0.312. The monoisotopic (exact) mass is 290 g/mol. The summed E-state index contributed by atoms with van der Waals surface area (Å²) in [6, 6.07) is 11.5. The largest absolute Gasteiger partial charge is 0.486 e. The molecule has 0 fully saturated rings. The van der Waals surface area contributed by atoms with E-state index >= 15 is 0 Å². The molecule has 3 nitrogen and oxygen atoms in total. The molecule has 0 spiro atoms. The molecule has 0 aliphatic heterocycles. The van der Waals surface area contributed by atoms with Crippen molar-refractivity contribution in [2.75, 3.05) is 6.54 Å². The second-order valence-corrected chi connectivity index (χ2v) is 4.96. The maximum atomic E-state index is 6.03. The highest BCUT2D eigenvalue weighted by molar-refractivity contribution is 6.32. The molecule has 0 saturated heterocycles. The topological polar surface area (TPSA) is 34.1 Å². The van der Waals surface area contributed by atoms with Crippen LogP contribution in [0.25, 0.3) is 0 Å². The van der Waals surface area contributed by atoms with Crippen molar-refractivity contribution in [1.82, 2.24) is 10.3 Å². The number of nitrogens with one attached hydrogen (secondary N) is 1. The molecule has 0 unspecified atom stereocenters. The third-order valence-corrected chi connectivity index (χ3v) is 3.17. The zero-order valence-electron chi connectivity index (χ0n) is 11.6. The molecule has 1 aromatic heterocycles. The van der Waals surface area contributed by atoms with E-state index in [1.807, 2.05) is 36.5 Å². The minimum atomic E-state index is 0.423. The van der Waals surface area contributed by atoms with Crippen LogP contribution >= 0.6 is 11.6 Å². The van der Waals surface area contributed by atoms with Gasteiger partial charge in [-0.15, -0.1) is 0 Å². The lowest BCUT2D eigenvalue weighted by Gasteiger charge is -2.08. The minimum absolute atomic E-state index is 0.423. The molecule has 0 radical (unpaired) electrons. The first-order valence-corrected chi connectivity index (χ1v) is 7.19. The average Bonchev–Trinajstić information content (AvgIpc) is 2.48. The van der Waals surface area contributed by atoms with Crippen molar-refractivity contribution in [3.8, 4) is 5.75 Å². The summed E-state index contributed by atoms with van der Waals surface area (Å²) in [5.74, 6) is 0.685. The summed E-state index contributed by atoms with van der Waals surface area (Å²) in [5, 5.41) is 3.97. The number of pyridine rings is 1. The summed E-state index contributed by atoms with van der Waals surface area (Å²) in [5.41, 5.74) is 2.07. The first-order chi connectivity index (χ1) is 9.79. The standard InChI is InChI=1S/C16H19ClN2O/c1-2-9-18-10-13-7-8-14(19-11-13)12-20-16-6-4-3-5-15(16)17/h3-8,11,18H,2,9-10,12H2,1H3. The highest BCUT2D eigenvalue weighted by atomic mass is 35.5. The zero-order chi connectivity index (χ0) is 14.2. The van der Waals surface area contributed by atoms with Gasteiger partial charge in [0.25, 0.3) is 0 Å². The quantitative estimate of drug-likeness (QED) is 0.787. The summed E-state index contributed by atoms with van der Waals surface area (Å²) < 4.78 is 5.65. The van der Waals surface area contributed by atoms with Crippen molar-refractivity contribution >= 4 is 11.6 Å². The van der Waals surface area contributed by atoms with Crippen LogP contribution in [0.4, 0.5) is 0 Å². The van der Waals surface area contributed by atoms with Crippen molar-refractivity contribution in [3.05, 3.63) is 58.9 Å². The lowest BCUT2D eigenvalue weighted by molar-refractivity contribution is 0.301. The molecule has 2 rings (SSSR count). The molecule has 0 saturated carbocycles. The second kappa shape index (κ2) is 7.88. The third-order valence-electron chi connectivity index (χ3n) is 2.85. The predicted octanol–water partition coefficient (Wildman–Crippen LogP) is 3.81. The Morgan fingerprint density at radius 2 is 2.05 bits per heavy atom. The Morgan fingerprint density at radius 1 is 1.20 bits per heavy atom. The number of rotatable bonds is 7. The molecular weight excluding hydrogens is 272 g/mol. The number of aromatic nitrogens is 1. The summed E-state index contributed by atoms with van der Waals surface area (Å²) in [7, 11) is 0. The summed E-state index contributed by atoms with van der Waals surface area (Å²) in [6.45, 7) is 4.46. The number of nitrogens with zero attached hydrogens (tertiary/aromatic N) is 1. The molecule has 0 atom stereocenters. The first kappa shape index (κ1) is 14.8. The molecule has 0 aliphatic carbocycles. The lowest BCUT2D eigenvalue weighted by Crippen LogP contribution is -2.14. The molecule has 1 aromatic carbocycles. The number of benzene rings is 1. The van der Waals surface area contributed by atoms with E-state index < -0.39 is 0 Å². The van der Waals surface area contributed by atoms with Gasteiger partial charge in [0.05, 0.1) is 10.7 Å². The maximum Gasteiger partial charge on any atom is 0.138 e. The Balaban J connectivity index is 1.86. The number of para-hydroxylation sites is 1. The van der Waals surface area contributed by atoms with Crippen molar-refractivity contribution in [2.24, 2.45) is 0 Å². The van der Waals surface area contributed by atoms with Crippen LogP contribution in [0.15, 0.2) is 42.6 Å². The number of hydrogen-bond acceptors (Lipinski definition) is 3. The van der Waals surface area contributed by atoms with Gasteiger partial charge in [-0.05, 0) is 36.7 Å². The molecular formula is C16H19ClN2O. The smallest absolute Gasteiger partial charge is 0.138 e. The predicted molar refractivity (Wildman–Crippen MR) is 82.0 cm³/mol. The third kappa shape index (κ3) is 4.51. The fourth-order valence-electron chi connectivity index (χ4n) is 1.77. The van der Waals surface area contributed by atoms with Crippen LogP contribution in [0.5, 0.6) is 5.75 Å². The Labute approximate surface area is 124 Å². The zero-order valence-corrected chi connectivity index (χ0v) is 12.4. The van der Waals surface area contributed by atoms with Crippen LogP contribution < -0.4 is 10.1 Å². The van der Waals surface area contributed by atoms with Crippen molar-refractivity contribution < 1.29 is 4.74 Å². The molecule has 0 bridgehead atoms. The van der Waals surface area contributed by atoms with E-state index in [9.17, 15) is 0 Å². The molecule has 0 aliphatic rings. The molecule has 1 N–H and O–H groups in total. The molecule has 4 heteroatoms. The van der Waals surface area contributed by atoms with E-state index in [4.69, 9.17) is 16.3 Å². The Kier molecular flexibility index (Phi) is 5.84. The van der Waals surface area contributed by atoms with Gasteiger partial charge in [0, 0.05) is 12.7 Å². The molecule has 106 valence electrons. The minimum Gasteiger partial charge on any atom is -0.486 e. The van der Waals surface area contributed by atoms with E-state index in [0.717, 1.165) is 25.2 Å². The summed E-state index contributed by atoms with van der Waals surface area (Å²) in [4.78, 5) is 4.39. The first-order valence-electron chi connectivity index (χ1n) is 6.81. The molecule has 0 amide bonds. The van der Waals surface area contributed by atoms with Crippen molar-refractivity contribution in [3.63, 3.8) is 0 Å². The van der Waals surface area contributed by atoms with Crippen molar-refractivity contribution in [1.29, 1.82) is 0 Å². The Bertz CT molecular complexity index is 528. The van der Waals surface area contributed by atoms with Crippen LogP contribution in [0, 0.1) is 0 Å². The Morgan fingerprint density at radius 3 is 2.75 bits per heavy atom. The van der Waals surface area contributed by atoms with Gasteiger partial charge in [0.1, 0.15) is 12.4 Å². The van der Waals surface area contributed by atoms with Crippen molar-refractivity contribution in [2.45, 2.75) is 26.5 Å². The van der Waals surface area contributed by atoms with Gasteiger partial charge < -0.3 is 10.1 Å². The normalized spacial score (nSPS) is 10.5. The summed E-state index contributed by atoms with van der Waals surface area (Å²) in [6.07, 6.45) is 3.02. The van der Waals surface area contributed by atoms with E-state index in [-0.39, 0.29) is 0 Å². The van der Waals surface area contributed by atoms with Gasteiger partial charge in [0.15, 0.2) is 0 Å². The van der Waals surface area contributed by atoms with Gasteiger partial charge in [-0.3, -0.25) is 4.98 Å². The second-order valence-electron chi connectivity index (χ2n) is 4.55. The van der Waals surface area contributed by atoms with E-state index in [0.29, 0.717) is 17.4 Å². The number of hydrogen-bond donors (Lipinski definition) is 1. The van der Waals surface area contributed by atoms with E-state index in [1.165, 1.54) is 5.56 Å².